The molecule has 1 aromatic rings. The van der Waals surface area contributed by atoms with Gasteiger partial charge in [-0.05, 0) is 31.9 Å². The van der Waals surface area contributed by atoms with Gasteiger partial charge < -0.3 is 16.4 Å². The van der Waals surface area contributed by atoms with E-state index >= 15 is 0 Å². The van der Waals surface area contributed by atoms with E-state index in [0.717, 1.165) is 25.8 Å². The number of aromatic nitrogens is 1. The van der Waals surface area contributed by atoms with Crippen LogP contribution in [0.1, 0.15) is 50.5 Å². The number of amides is 1. The summed E-state index contributed by atoms with van der Waals surface area (Å²) in [5, 5.41) is 0. The summed E-state index contributed by atoms with van der Waals surface area (Å²) in [5.41, 5.74) is 12.1. The highest BCUT2D eigenvalue weighted by molar-refractivity contribution is 5.91. The second-order valence-corrected chi connectivity index (χ2v) is 4.78. The van der Waals surface area contributed by atoms with E-state index in [9.17, 15) is 4.79 Å². The predicted octanol–water partition coefficient (Wildman–Crippen LogP) is 2.17. The minimum Gasteiger partial charge on any atom is -0.396 e. The van der Waals surface area contributed by atoms with E-state index in [1.165, 1.54) is 0 Å². The molecule has 0 bridgehead atoms. The molecule has 106 valence electrons. The van der Waals surface area contributed by atoms with Crippen LogP contribution >= 0.6 is 0 Å². The molecule has 1 rings (SSSR count). The zero-order chi connectivity index (χ0) is 14.4. The molecule has 4 N–H and O–H groups in total. The summed E-state index contributed by atoms with van der Waals surface area (Å²) in [7, 11) is 0. The standard InChI is InChI=1S/C14H24N4O/c1-4-6-9-18(10(3)5-2)14-11(15)7-8-12(17-14)13(16)19/h7-8,10H,4-6,9,15H2,1-3H3,(H2,16,19). The Balaban J connectivity index is 3.12. The number of anilines is 2. The molecule has 1 heterocycles. The van der Waals surface area contributed by atoms with Crippen LogP contribution in [0.4, 0.5) is 11.5 Å². The van der Waals surface area contributed by atoms with E-state index in [1.807, 2.05) is 0 Å². The van der Waals surface area contributed by atoms with E-state index in [4.69, 9.17) is 11.5 Å². The maximum Gasteiger partial charge on any atom is 0.267 e. The van der Waals surface area contributed by atoms with Crippen LogP contribution in [-0.2, 0) is 0 Å². The summed E-state index contributed by atoms with van der Waals surface area (Å²) in [5.74, 6) is 0.139. The topological polar surface area (TPSA) is 85.2 Å². The number of nitrogens with zero attached hydrogens (tertiary/aromatic N) is 2. The first-order chi connectivity index (χ1) is 9.01. The van der Waals surface area contributed by atoms with Crippen LogP contribution in [0.3, 0.4) is 0 Å². The molecule has 1 amide bonds. The lowest BCUT2D eigenvalue weighted by Gasteiger charge is -2.30. The molecule has 5 nitrogen and oxygen atoms in total. The Morgan fingerprint density at radius 1 is 1.42 bits per heavy atom. The normalized spacial score (nSPS) is 12.2. The van der Waals surface area contributed by atoms with Crippen LogP contribution in [0.5, 0.6) is 0 Å². The Hall–Kier alpha value is -1.78. The SMILES string of the molecule is CCCCN(c1nc(C(N)=O)ccc1N)C(C)CC. The first-order valence-electron chi connectivity index (χ1n) is 6.84. The van der Waals surface area contributed by atoms with Gasteiger partial charge in [0.1, 0.15) is 5.69 Å². The minimum atomic E-state index is -0.527. The number of hydrogen-bond donors (Lipinski definition) is 2. The molecule has 0 saturated carbocycles. The Morgan fingerprint density at radius 2 is 2.11 bits per heavy atom. The van der Waals surface area contributed by atoms with Crippen molar-refractivity contribution in [2.45, 2.75) is 46.1 Å². The van der Waals surface area contributed by atoms with Crippen molar-refractivity contribution < 1.29 is 4.79 Å². The average Bonchev–Trinajstić information content (AvgIpc) is 2.40. The summed E-state index contributed by atoms with van der Waals surface area (Å²) >= 11 is 0. The van der Waals surface area contributed by atoms with Crippen LogP contribution in [0.2, 0.25) is 0 Å². The van der Waals surface area contributed by atoms with Gasteiger partial charge in [0.15, 0.2) is 5.82 Å². The summed E-state index contributed by atoms with van der Waals surface area (Å²) in [6, 6.07) is 3.59. The van der Waals surface area contributed by atoms with E-state index in [1.54, 1.807) is 12.1 Å². The molecule has 0 fully saturated rings. The highest BCUT2D eigenvalue weighted by Gasteiger charge is 2.18. The summed E-state index contributed by atoms with van der Waals surface area (Å²) < 4.78 is 0. The number of primary amides is 1. The smallest absolute Gasteiger partial charge is 0.267 e. The van der Waals surface area contributed by atoms with Crippen molar-refractivity contribution >= 4 is 17.4 Å². The molecule has 5 heteroatoms. The maximum absolute atomic E-state index is 11.2. The van der Waals surface area contributed by atoms with Gasteiger partial charge in [-0.15, -0.1) is 0 Å². The van der Waals surface area contributed by atoms with Crippen molar-refractivity contribution in [2.24, 2.45) is 5.73 Å². The Kier molecular flexibility index (Phi) is 5.60. The zero-order valence-corrected chi connectivity index (χ0v) is 12.0. The van der Waals surface area contributed by atoms with Crippen LogP contribution in [-0.4, -0.2) is 23.5 Å². The van der Waals surface area contributed by atoms with Crippen molar-refractivity contribution in [1.82, 2.24) is 4.98 Å². The number of unbranched alkanes of at least 4 members (excludes halogenated alkanes) is 1. The molecule has 0 aliphatic carbocycles. The van der Waals surface area contributed by atoms with Crippen molar-refractivity contribution in [2.75, 3.05) is 17.2 Å². The number of carbonyl (C=O) groups is 1. The van der Waals surface area contributed by atoms with Gasteiger partial charge in [0, 0.05) is 12.6 Å². The van der Waals surface area contributed by atoms with Crippen molar-refractivity contribution in [3.63, 3.8) is 0 Å². The first kappa shape index (κ1) is 15.3. The van der Waals surface area contributed by atoms with Gasteiger partial charge in [0.05, 0.1) is 5.69 Å². The Morgan fingerprint density at radius 3 is 2.63 bits per heavy atom. The van der Waals surface area contributed by atoms with Crippen LogP contribution in [0, 0.1) is 0 Å². The fourth-order valence-electron chi connectivity index (χ4n) is 1.91. The molecule has 1 aromatic heterocycles. The fourth-order valence-corrected chi connectivity index (χ4v) is 1.91. The van der Waals surface area contributed by atoms with Crippen molar-refractivity contribution in [3.05, 3.63) is 17.8 Å². The van der Waals surface area contributed by atoms with E-state index in [0.29, 0.717) is 17.5 Å². The van der Waals surface area contributed by atoms with Crippen molar-refractivity contribution in [3.8, 4) is 0 Å². The minimum absolute atomic E-state index is 0.258. The third kappa shape index (κ3) is 3.84. The highest BCUT2D eigenvalue weighted by atomic mass is 16.1. The highest BCUT2D eigenvalue weighted by Crippen LogP contribution is 2.24. The van der Waals surface area contributed by atoms with Gasteiger partial charge in [0.25, 0.3) is 5.91 Å². The van der Waals surface area contributed by atoms with Gasteiger partial charge >= 0.3 is 0 Å². The number of rotatable bonds is 7. The largest absolute Gasteiger partial charge is 0.396 e. The lowest BCUT2D eigenvalue weighted by atomic mass is 10.2. The number of nitrogen functional groups attached to an aromatic ring is 1. The molecule has 0 saturated heterocycles. The van der Waals surface area contributed by atoms with Gasteiger partial charge in [-0.25, -0.2) is 4.98 Å². The number of nitrogens with two attached hydrogens (primary N) is 2. The monoisotopic (exact) mass is 264 g/mol. The molecule has 0 radical (unpaired) electrons. The summed E-state index contributed by atoms with van der Waals surface area (Å²) in [6.07, 6.45) is 3.15. The molecular weight excluding hydrogens is 240 g/mol. The zero-order valence-electron chi connectivity index (χ0n) is 12.0. The molecule has 1 unspecified atom stereocenters. The fraction of sp³-hybridized carbons (Fsp3) is 0.571. The molecule has 0 aromatic carbocycles. The second kappa shape index (κ2) is 6.97. The number of pyridine rings is 1. The molecule has 0 aliphatic rings. The number of carbonyl (C=O) groups excluding carboxylic acids is 1. The van der Waals surface area contributed by atoms with E-state index in [-0.39, 0.29) is 5.69 Å². The van der Waals surface area contributed by atoms with Gasteiger partial charge in [-0.3, -0.25) is 4.79 Å². The first-order valence-corrected chi connectivity index (χ1v) is 6.84. The third-order valence-electron chi connectivity index (χ3n) is 3.31. The lowest BCUT2D eigenvalue weighted by Crippen LogP contribution is -2.35. The average molecular weight is 264 g/mol. The predicted molar refractivity (Wildman–Crippen MR) is 79.2 cm³/mol. The van der Waals surface area contributed by atoms with Gasteiger partial charge in [0.2, 0.25) is 0 Å². The maximum atomic E-state index is 11.2. The lowest BCUT2D eigenvalue weighted by molar-refractivity contribution is 0.0995. The molecule has 1 atom stereocenters. The second-order valence-electron chi connectivity index (χ2n) is 4.78. The molecule has 0 spiro atoms. The Bertz CT molecular complexity index is 433. The quantitative estimate of drug-likeness (QED) is 0.790. The van der Waals surface area contributed by atoms with Gasteiger partial charge in [-0.2, -0.15) is 0 Å². The summed E-state index contributed by atoms with van der Waals surface area (Å²) in [4.78, 5) is 17.7. The summed E-state index contributed by atoms with van der Waals surface area (Å²) in [6.45, 7) is 7.28. The van der Waals surface area contributed by atoms with Crippen LogP contribution in [0.15, 0.2) is 12.1 Å². The molecule has 0 aliphatic heterocycles. The number of hydrogen-bond acceptors (Lipinski definition) is 4. The molecule has 19 heavy (non-hydrogen) atoms. The van der Waals surface area contributed by atoms with E-state index < -0.39 is 5.91 Å². The van der Waals surface area contributed by atoms with Gasteiger partial charge in [-0.1, -0.05) is 20.3 Å². The van der Waals surface area contributed by atoms with Crippen molar-refractivity contribution in [1.29, 1.82) is 0 Å². The van der Waals surface area contributed by atoms with E-state index in [2.05, 4.69) is 30.7 Å². The Labute approximate surface area is 115 Å². The molecular formula is C14H24N4O. The van der Waals surface area contributed by atoms with Crippen LogP contribution in [0.25, 0.3) is 0 Å². The van der Waals surface area contributed by atoms with Crippen LogP contribution < -0.4 is 16.4 Å². The third-order valence-corrected chi connectivity index (χ3v) is 3.31.